The molecule has 54 heavy (non-hydrogen) atoms. The monoisotopic (exact) mass is 736 g/mol. The quantitative estimate of drug-likeness (QED) is 0.232. The number of rotatable bonds is 9. The first-order valence-corrected chi connectivity index (χ1v) is 18.8. The summed E-state index contributed by atoms with van der Waals surface area (Å²) in [6.45, 7) is 5.79. The minimum absolute atomic E-state index is 0.0459. The van der Waals surface area contributed by atoms with Crippen molar-refractivity contribution in [2.24, 2.45) is 11.7 Å². The third-order valence-corrected chi connectivity index (χ3v) is 11.4. The number of primary amides is 1. The lowest BCUT2D eigenvalue weighted by atomic mass is 9.89. The number of nitrogens with one attached hydrogen (secondary N) is 2. The fraction of sp³-hybridized carbons (Fsp3) is 0.474. The third kappa shape index (κ3) is 7.10. The number of benzene rings is 2. The Labute approximate surface area is 312 Å². The summed E-state index contributed by atoms with van der Waals surface area (Å²) in [6.07, 6.45) is 4.41. The number of amides is 5. The maximum Gasteiger partial charge on any atom is 0.273 e. The molecule has 4 fully saturated rings. The number of anilines is 4. The van der Waals surface area contributed by atoms with Crippen LogP contribution in [0.25, 0.3) is 0 Å². The van der Waals surface area contributed by atoms with E-state index in [2.05, 4.69) is 47.7 Å². The number of likely N-dealkylation sites (tertiary alicyclic amines) is 1. The molecule has 3 atom stereocenters. The molecule has 0 radical (unpaired) electrons. The van der Waals surface area contributed by atoms with Gasteiger partial charge < -0.3 is 30.9 Å². The molecule has 4 saturated heterocycles. The highest BCUT2D eigenvalue weighted by atomic mass is 16.3. The fourth-order valence-corrected chi connectivity index (χ4v) is 8.50. The number of aromatic nitrogens is 3. The van der Waals surface area contributed by atoms with Crippen molar-refractivity contribution in [2.75, 3.05) is 60.9 Å². The second-order valence-corrected chi connectivity index (χ2v) is 15.0. The molecular formula is C38H44N10O6. The molecule has 6 heterocycles. The molecule has 5 aliphatic heterocycles. The zero-order valence-corrected chi connectivity index (χ0v) is 29.9. The largest absolute Gasteiger partial charge is 0.391 e. The second-order valence-electron chi connectivity index (χ2n) is 15.0. The summed E-state index contributed by atoms with van der Waals surface area (Å²) in [6, 6.07) is 12.5. The Hall–Kier alpha value is -5.48. The number of imide groups is 2. The molecule has 16 heteroatoms. The fourth-order valence-electron chi connectivity index (χ4n) is 8.50. The average Bonchev–Trinajstić information content (AvgIpc) is 3.73. The Bertz CT molecular complexity index is 1980. The van der Waals surface area contributed by atoms with Gasteiger partial charge in [-0.15, -0.1) is 10.2 Å². The lowest BCUT2D eigenvalue weighted by Gasteiger charge is -2.34. The smallest absolute Gasteiger partial charge is 0.273 e. The molecule has 5 aliphatic rings. The summed E-state index contributed by atoms with van der Waals surface area (Å²) in [7, 11) is 0. The van der Waals surface area contributed by atoms with E-state index < -0.39 is 41.7 Å². The number of nitrogens with two attached hydrogens (primary N) is 1. The Morgan fingerprint density at radius 1 is 0.870 bits per heavy atom. The Kier molecular flexibility index (Phi) is 9.70. The van der Waals surface area contributed by atoms with Crippen LogP contribution in [0.1, 0.15) is 87.6 Å². The minimum Gasteiger partial charge on any atom is -0.391 e. The van der Waals surface area contributed by atoms with Gasteiger partial charge in [0, 0.05) is 50.5 Å². The van der Waals surface area contributed by atoms with Crippen molar-refractivity contribution in [1.29, 1.82) is 0 Å². The van der Waals surface area contributed by atoms with Crippen LogP contribution in [0.15, 0.2) is 42.5 Å². The molecule has 0 saturated carbocycles. The molecule has 0 aliphatic carbocycles. The number of β-amino-alcohol motifs (C(OH)–C–C–N with tert-alkyl or cyclic N) is 1. The van der Waals surface area contributed by atoms with Gasteiger partial charge in [0.2, 0.25) is 17.8 Å². The highest BCUT2D eigenvalue weighted by Crippen LogP contribution is 2.34. The predicted octanol–water partition coefficient (Wildman–Crippen LogP) is 1.78. The van der Waals surface area contributed by atoms with E-state index in [4.69, 9.17) is 5.73 Å². The van der Waals surface area contributed by atoms with E-state index in [-0.39, 0.29) is 24.4 Å². The van der Waals surface area contributed by atoms with E-state index in [1.165, 1.54) is 5.56 Å². The molecule has 3 unspecified atom stereocenters. The highest BCUT2D eigenvalue weighted by molar-refractivity contribution is 6.23. The molecule has 3 aromatic rings. The van der Waals surface area contributed by atoms with Gasteiger partial charge in [0.15, 0.2) is 11.5 Å². The molecule has 8 rings (SSSR count). The molecule has 16 nitrogen and oxygen atoms in total. The summed E-state index contributed by atoms with van der Waals surface area (Å²) >= 11 is 0. The number of fused-ring (bicyclic) bond motifs is 1. The van der Waals surface area contributed by atoms with Gasteiger partial charge in [0.05, 0.1) is 17.2 Å². The van der Waals surface area contributed by atoms with Crippen LogP contribution in [0.4, 0.5) is 23.1 Å². The topological polar surface area (TPSA) is 207 Å². The minimum atomic E-state index is -0.975. The van der Waals surface area contributed by atoms with Gasteiger partial charge in [0.1, 0.15) is 6.04 Å². The zero-order chi connectivity index (χ0) is 37.5. The van der Waals surface area contributed by atoms with Crippen molar-refractivity contribution in [3.63, 3.8) is 0 Å². The summed E-state index contributed by atoms with van der Waals surface area (Å²) in [5.74, 6) is -1.23. The van der Waals surface area contributed by atoms with Crippen LogP contribution in [0, 0.1) is 5.92 Å². The molecule has 5 N–H and O–H groups in total. The van der Waals surface area contributed by atoms with Gasteiger partial charge in [-0.05, 0) is 99.3 Å². The van der Waals surface area contributed by atoms with Crippen molar-refractivity contribution in [3.8, 4) is 0 Å². The first-order valence-electron chi connectivity index (χ1n) is 18.8. The average molecular weight is 737 g/mol. The van der Waals surface area contributed by atoms with Gasteiger partial charge in [0.25, 0.3) is 17.7 Å². The van der Waals surface area contributed by atoms with Crippen molar-refractivity contribution < 1.29 is 29.1 Å². The van der Waals surface area contributed by atoms with E-state index in [1.54, 1.807) is 12.1 Å². The SMILES string of the molecule is NC(=O)c1nnc(N2CCCC(O)C2)nc1Nc1ccc(C2CCN(CC3CCN(c4ccc5c(c4)C(=O)N(C4CCC(=O)NC4=O)C5=O)C3)CC2)cc1. The molecule has 2 aromatic carbocycles. The van der Waals surface area contributed by atoms with E-state index in [0.29, 0.717) is 42.0 Å². The first-order chi connectivity index (χ1) is 26.1. The predicted molar refractivity (Wildman–Crippen MR) is 197 cm³/mol. The lowest BCUT2D eigenvalue weighted by Crippen LogP contribution is -2.54. The van der Waals surface area contributed by atoms with Crippen LogP contribution in [0.5, 0.6) is 0 Å². The van der Waals surface area contributed by atoms with E-state index in [9.17, 15) is 29.1 Å². The molecule has 1 aromatic heterocycles. The van der Waals surface area contributed by atoms with Crippen LogP contribution >= 0.6 is 0 Å². The number of piperidine rings is 3. The normalized spacial score (nSPS) is 23.9. The molecule has 0 bridgehead atoms. The lowest BCUT2D eigenvalue weighted by molar-refractivity contribution is -0.136. The van der Waals surface area contributed by atoms with Crippen molar-refractivity contribution >= 4 is 52.7 Å². The van der Waals surface area contributed by atoms with Crippen LogP contribution < -0.4 is 26.2 Å². The Morgan fingerprint density at radius 2 is 1.65 bits per heavy atom. The van der Waals surface area contributed by atoms with E-state index in [0.717, 1.165) is 81.1 Å². The Morgan fingerprint density at radius 3 is 2.39 bits per heavy atom. The number of hydrogen-bond donors (Lipinski definition) is 4. The summed E-state index contributed by atoms with van der Waals surface area (Å²) in [4.78, 5) is 74.8. The van der Waals surface area contributed by atoms with Crippen LogP contribution in [-0.4, -0.2) is 118 Å². The number of aliphatic hydroxyl groups excluding tert-OH is 1. The van der Waals surface area contributed by atoms with Crippen LogP contribution in [-0.2, 0) is 9.59 Å². The van der Waals surface area contributed by atoms with Gasteiger partial charge in [-0.2, -0.15) is 4.98 Å². The van der Waals surface area contributed by atoms with Gasteiger partial charge in [-0.25, -0.2) is 0 Å². The molecule has 0 spiro atoms. The van der Waals surface area contributed by atoms with Crippen molar-refractivity contribution in [2.45, 2.75) is 63.0 Å². The third-order valence-electron chi connectivity index (χ3n) is 11.4. The number of aliphatic hydroxyl groups is 1. The van der Waals surface area contributed by atoms with Crippen LogP contribution in [0.2, 0.25) is 0 Å². The van der Waals surface area contributed by atoms with Crippen molar-refractivity contribution in [1.82, 2.24) is 30.3 Å². The summed E-state index contributed by atoms with van der Waals surface area (Å²) in [5, 5.41) is 23.7. The number of nitrogens with zero attached hydrogens (tertiary/aromatic N) is 7. The summed E-state index contributed by atoms with van der Waals surface area (Å²) in [5.41, 5.74) is 9.03. The summed E-state index contributed by atoms with van der Waals surface area (Å²) < 4.78 is 0. The maximum absolute atomic E-state index is 13.3. The van der Waals surface area contributed by atoms with Crippen molar-refractivity contribution in [3.05, 3.63) is 64.8 Å². The van der Waals surface area contributed by atoms with Gasteiger partial charge >= 0.3 is 0 Å². The highest BCUT2D eigenvalue weighted by Gasteiger charge is 2.45. The molecule has 5 amide bonds. The zero-order valence-electron chi connectivity index (χ0n) is 29.9. The Balaban J connectivity index is 0.835. The first kappa shape index (κ1) is 35.5. The van der Waals surface area contributed by atoms with Gasteiger partial charge in [-0.3, -0.25) is 34.2 Å². The molecule has 282 valence electrons. The number of carbonyl (C=O) groups is 5. The standard InChI is InChI=1S/C38H44N10O6/c39-33(51)32-34(42-38(44-43-32)47-14-1-2-27(49)21-47)40-25-5-3-23(4-6-25)24-12-15-45(16-13-24)19-22-11-17-46(20-22)26-7-8-28-29(18-26)37(54)48(36(28)53)30-9-10-31(50)41-35(30)52/h3-8,18,22,24,27,30,49H,1-2,9-17,19-21H2,(H2,39,51)(H,40,42,44)(H,41,50,52). The van der Waals surface area contributed by atoms with Gasteiger partial charge in [-0.1, -0.05) is 12.1 Å². The van der Waals surface area contributed by atoms with E-state index in [1.807, 2.05) is 23.1 Å². The second kappa shape index (κ2) is 14.7. The van der Waals surface area contributed by atoms with Crippen LogP contribution in [0.3, 0.4) is 0 Å². The maximum atomic E-state index is 13.3. The number of carbonyl (C=O) groups excluding carboxylic acids is 5. The van der Waals surface area contributed by atoms with E-state index >= 15 is 0 Å². The number of hydrogen-bond acceptors (Lipinski definition) is 13. The molecular weight excluding hydrogens is 692 g/mol.